The molecule has 0 saturated heterocycles. The van der Waals surface area contributed by atoms with Crippen LogP contribution in [-0.4, -0.2) is 21.4 Å². The van der Waals surface area contributed by atoms with E-state index in [-0.39, 0.29) is 11.6 Å². The number of aryl methyl sites for hydroxylation is 3. The second-order valence-corrected chi connectivity index (χ2v) is 6.90. The van der Waals surface area contributed by atoms with Gasteiger partial charge in [-0.15, -0.1) is 0 Å². The fourth-order valence-corrected chi connectivity index (χ4v) is 3.53. The highest BCUT2D eigenvalue weighted by Gasteiger charge is 2.10. The van der Waals surface area contributed by atoms with Gasteiger partial charge < -0.3 is 5.32 Å². The normalized spacial score (nSPS) is 12.3. The Hall–Kier alpha value is -2.54. The lowest BCUT2D eigenvalue weighted by Gasteiger charge is -2.05. The number of nitrogens with one attached hydrogen (secondary N) is 1. The molecule has 2 heterocycles. The van der Waals surface area contributed by atoms with Crippen molar-refractivity contribution in [3.8, 4) is 0 Å². The molecule has 0 spiro atoms. The van der Waals surface area contributed by atoms with E-state index < -0.39 is 0 Å². The van der Waals surface area contributed by atoms with Crippen LogP contribution in [0.3, 0.4) is 0 Å². The van der Waals surface area contributed by atoms with Crippen molar-refractivity contribution in [1.82, 2.24) is 14.3 Å². The van der Waals surface area contributed by atoms with E-state index in [0.717, 1.165) is 33.6 Å². The first-order valence-electron chi connectivity index (χ1n) is 9.63. The third-order valence-corrected chi connectivity index (χ3v) is 4.78. The Balaban J connectivity index is 0.000000500. The summed E-state index contributed by atoms with van der Waals surface area (Å²) in [5.41, 5.74) is 2.86. The molecule has 0 aliphatic heterocycles. The van der Waals surface area contributed by atoms with Gasteiger partial charge in [-0.1, -0.05) is 37.6 Å². The van der Waals surface area contributed by atoms with Crippen LogP contribution in [0, 0.1) is 13.8 Å². The molecule has 0 aromatic carbocycles. The summed E-state index contributed by atoms with van der Waals surface area (Å²) in [6.07, 6.45) is 7.81. The second-order valence-electron chi connectivity index (χ2n) is 5.89. The number of carbonyl (C=O) groups is 1. The zero-order valence-corrected chi connectivity index (χ0v) is 19.1. The van der Waals surface area contributed by atoms with Crippen LogP contribution < -0.4 is 10.9 Å². The summed E-state index contributed by atoms with van der Waals surface area (Å²) in [7, 11) is 0. The van der Waals surface area contributed by atoms with Crippen molar-refractivity contribution in [2.75, 3.05) is 0 Å². The molecule has 0 fully saturated rings. The van der Waals surface area contributed by atoms with Crippen LogP contribution in [0.5, 0.6) is 0 Å². The summed E-state index contributed by atoms with van der Waals surface area (Å²) in [6.45, 7) is 14.2. The lowest BCUT2D eigenvalue weighted by atomic mass is 10.2. The highest BCUT2D eigenvalue weighted by atomic mass is 32.1. The van der Waals surface area contributed by atoms with E-state index in [0.29, 0.717) is 12.7 Å². The van der Waals surface area contributed by atoms with Crippen molar-refractivity contribution in [2.45, 2.75) is 61.1 Å². The molecule has 2 rings (SSSR count). The van der Waals surface area contributed by atoms with Gasteiger partial charge in [-0.2, -0.15) is 0 Å². The van der Waals surface area contributed by atoms with Crippen LogP contribution in [-0.2, 0) is 11.3 Å². The molecule has 0 radical (unpaired) electrons. The topological polar surface area (TPSA) is 64.0 Å². The van der Waals surface area contributed by atoms with E-state index in [9.17, 15) is 14.0 Å². The summed E-state index contributed by atoms with van der Waals surface area (Å²) < 4.78 is 13.5. The van der Waals surface area contributed by atoms with E-state index in [2.05, 4.69) is 10.3 Å². The molecule has 2 aromatic rings. The molecule has 160 valence electrons. The predicted molar refractivity (Wildman–Crippen MR) is 122 cm³/mol. The molecule has 5 nitrogen and oxygen atoms in total. The van der Waals surface area contributed by atoms with Gasteiger partial charge in [0.05, 0.1) is 17.8 Å². The minimum absolute atomic E-state index is 0.0949. The Morgan fingerprint density at radius 3 is 2.55 bits per heavy atom. The van der Waals surface area contributed by atoms with Gasteiger partial charge in [0.15, 0.2) is 0 Å². The van der Waals surface area contributed by atoms with Gasteiger partial charge >= 0.3 is 0 Å². The van der Waals surface area contributed by atoms with Gasteiger partial charge in [-0.05, 0) is 63.9 Å². The Kier molecular flexibility index (Phi) is 13.2. The molecule has 1 N–H and O–H groups in total. The van der Waals surface area contributed by atoms with Crippen molar-refractivity contribution in [3.63, 3.8) is 0 Å². The first kappa shape index (κ1) is 26.5. The maximum absolute atomic E-state index is 11.8. The summed E-state index contributed by atoms with van der Waals surface area (Å²) in [4.78, 5) is 27.2. The average molecular weight is 422 g/mol. The predicted octanol–water partition coefficient (Wildman–Crippen LogP) is 5.23. The van der Waals surface area contributed by atoms with Crippen molar-refractivity contribution in [3.05, 3.63) is 63.9 Å². The van der Waals surface area contributed by atoms with Crippen LogP contribution in [0.2, 0.25) is 0 Å². The number of pyridine rings is 1. The van der Waals surface area contributed by atoms with E-state index in [4.69, 9.17) is 0 Å². The molecule has 7 heteroatoms. The van der Waals surface area contributed by atoms with Crippen LogP contribution in [0.4, 0.5) is 4.39 Å². The molecular weight excluding hydrogens is 389 g/mol. The fourth-order valence-electron chi connectivity index (χ4n) is 2.49. The van der Waals surface area contributed by atoms with E-state index in [1.807, 2.05) is 59.8 Å². The molecule has 0 aliphatic carbocycles. The van der Waals surface area contributed by atoms with Crippen LogP contribution >= 0.6 is 11.5 Å². The molecule has 0 saturated carbocycles. The molecule has 2 aromatic heterocycles. The average Bonchev–Trinajstić information content (AvgIpc) is 3.00. The van der Waals surface area contributed by atoms with E-state index in [1.165, 1.54) is 17.6 Å². The summed E-state index contributed by atoms with van der Waals surface area (Å²) in [5, 5.41) is 3.35. The number of halogens is 1. The maximum atomic E-state index is 11.8. The third kappa shape index (κ3) is 8.56. The number of aromatic nitrogens is 2. The zero-order chi connectivity index (χ0) is 22.4. The largest absolute Gasteiger partial charge is 0.349 e. The third-order valence-electron chi connectivity index (χ3n) is 3.66. The maximum Gasteiger partial charge on any atom is 0.270 e. The smallest absolute Gasteiger partial charge is 0.270 e. The van der Waals surface area contributed by atoms with Gasteiger partial charge in [-0.25, -0.2) is 9.37 Å². The highest BCUT2D eigenvalue weighted by Crippen LogP contribution is 2.18. The van der Waals surface area contributed by atoms with Crippen LogP contribution in [0.25, 0.3) is 10.2 Å². The number of rotatable bonds is 6. The lowest BCUT2D eigenvalue weighted by molar-refractivity contribution is -0.109. The van der Waals surface area contributed by atoms with Gasteiger partial charge in [0.2, 0.25) is 6.41 Å². The monoisotopic (exact) mass is 421 g/mol. The Labute approximate surface area is 176 Å². The van der Waals surface area contributed by atoms with Crippen molar-refractivity contribution in [1.29, 1.82) is 0 Å². The number of nitrogens with zero attached hydrogens (tertiary/aromatic N) is 2. The molecule has 1 unspecified atom stereocenters. The Morgan fingerprint density at radius 1 is 1.38 bits per heavy atom. The van der Waals surface area contributed by atoms with Crippen molar-refractivity contribution >= 4 is 28.2 Å². The minimum atomic E-state index is -0.168. The van der Waals surface area contributed by atoms with E-state index >= 15 is 0 Å². The molecular formula is C22H32FN3O2S. The first-order valence-corrected chi connectivity index (χ1v) is 10.4. The molecule has 1 amide bonds. The SMILES string of the molecule is C/C=C\C(C=C(C)/C=C/F)NC=O.CC.CCn1sc2nc(C)cc(C)c2c1=O. The first-order chi connectivity index (χ1) is 13.9. The van der Waals surface area contributed by atoms with E-state index in [1.54, 1.807) is 17.0 Å². The fraction of sp³-hybridized carbons (Fsp3) is 0.409. The second kappa shape index (κ2) is 14.5. The number of carbonyl (C=O) groups excluding carboxylic acids is 1. The van der Waals surface area contributed by atoms with Crippen molar-refractivity contribution in [2.24, 2.45) is 0 Å². The zero-order valence-electron chi connectivity index (χ0n) is 18.3. The lowest BCUT2D eigenvalue weighted by Crippen LogP contribution is -2.23. The van der Waals surface area contributed by atoms with Gasteiger partial charge in [0, 0.05) is 12.2 Å². The van der Waals surface area contributed by atoms with Gasteiger partial charge in [-0.3, -0.25) is 13.5 Å². The number of hydrogen-bond donors (Lipinski definition) is 1. The van der Waals surface area contributed by atoms with Crippen molar-refractivity contribution < 1.29 is 9.18 Å². The summed E-state index contributed by atoms with van der Waals surface area (Å²) in [6, 6.07) is 1.79. The van der Waals surface area contributed by atoms with Crippen LogP contribution in [0.1, 0.15) is 45.9 Å². The number of hydrogen-bond acceptors (Lipinski definition) is 4. The minimum Gasteiger partial charge on any atom is -0.349 e. The Morgan fingerprint density at radius 2 is 2.03 bits per heavy atom. The van der Waals surface area contributed by atoms with Gasteiger partial charge in [0.25, 0.3) is 5.56 Å². The standard InChI is InChI=1S/C10H14FNO.C10H12N2OS.C2H6/c1-3-4-10(12-8-13)7-9(2)5-6-11;1-4-12-10(13)8-6(2)5-7(3)11-9(8)14-12;1-2/h3-8,10H,1-2H3,(H,12,13);5H,4H2,1-3H3;1-2H3/b4-3-,6-5+,9-7?;;. The molecule has 29 heavy (non-hydrogen) atoms. The number of fused-ring (bicyclic) bond motifs is 1. The van der Waals surface area contributed by atoms with Gasteiger partial charge in [0.1, 0.15) is 4.83 Å². The quantitative estimate of drug-likeness (QED) is 0.395. The van der Waals surface area contributed by atoms with Crippen LogP contribution in [0.15, 0.2) is 47.1 Å². The number of amides is 1. The summed E-state index contributed by atoms with van der Waals surface area (Å²) in [5.74, 6) is 0. The number of allylic oxidation sites excluding steroid dienone is 3. The molecule has 0 aliphatic rings. The Bertz CT molecular complexity index is 911. The molecule has 0 bridgehead atoms. The highest BCUT2D eigenvalue weighted by molar-refractivity contribution is 7.13. The summed E-state index contributed by atoms with van der Waals surface area (Å²) >= 11 is 1.45. The molecule has 1 atom stereocenters.